The molecule has 8 heteroatoms. The van der Waals surface area contributed by atoms with Crippen LogP contribution < -0.4 is 11.3 Å². The summed E-state index contributed by atoms with van der Waals surface area (Å²) < 4.78 is 18.8. The Morgan fingerprint density at radius 3 is 2.64 bits per heavy atom. The van der Waals surface area contributed by atoms with Gasteiger partial charge in [0.05, 0.1) is 16.0 Å². The Bertz CT molecular complexity index is 1020. The summed E-state index contributed by atoms with van der Waals surface area (Å²) in [5.41, 5.74) is -1.19. The minimum Gasteiger partial charge on any atom is -0.409 e. The number of benzene rings is 2. The lowest BCUT2D eigenvalue weighted by Crippen LogP contribution is -2.31. The van der Waals surface area contributed by atoms with Crippen molar-refractivity contribution in [1.82, 2.24) is 4.57 Å². The molecule has 0 aliphatic heterocycles. The molecule has 0 amide bonds. The number of nitro benzene ring substituents is 1. The van der Waals surface area contributed by atoms with Crippen LogP contribution >= 0.6 is 0 Å². The van der Waals surface area contributed by atoms with Crippen LogP contribution in [0.5, 0.6) is 0 Å². The van der Waals surface area contributed by atoms with E-state index in [1.54, 1.807) is 0 Å². The monoisotopic (exact) mass is 302 g/mol. The molecular formula is C14H7FN2O5. The number of hydrogen-bond donors (Lipinski definition) is 0. The Balaban J connectivity index is 2.36. The van der Waals surface area contributed by atoms with Crippen LogP contribution in [-0.4, -0.2) is 9.49 Å². The number of nitro groups is 1. The van der Waals surface area contributed by atoms with Crippen molar-refractivity contribution in [3.8, 4) is 5.69 Å². The third kappa shape index (κ3) is 2.16. The van der Waals surface area contributed by atoms with Gasteiger partial charge in [-0.2, -0.15) is 0 Å². The van der Waals surface area contributed by atoms with Crippen molar-refractivity contribution < 1.29 is 13.7 Å². The molecule has 3 aromatic rings. The second-order valence-corrected chi connectivity index (χ2v) is 4.43. The standard InChI is InChI=1S/C14H7FN2O5/c15-8-4-5-12-11(6-8)13(18)16(14(19)22-12)9-2-1-3-10(7-9)17(20)21/h1-7H. The van der Waals surface area contributed by atoms with E-state index in [0.29, 0.717) is 4.57 Å². The van der Waals surface area contributed by atoms with Crippen molar-refractivity contribution >= 4 is 16.7 Å². The molecule has 0 fully saturated rings. The highest BCUT2D eigenvalue weighted by atomic mass is 19.1. The summed E-state index contributed by atoms with van der Waals surface area (Å²) >= 11 is 0. The molecule has 110 valence electrons. The Morgan fingerprint density at radius 1 is 1.14 bits per heavy atom. The van der Waals surface area contributed by atoms with Crippen LogP contribution in [0.1, 0.15) is 0 Å². The Hall–Kier alpha value is -3.29. The van der Waals surface area contributed by atoms with Gasteiger partial charge in [0.15, 0.2) is 0 Å². The predicted molar refractivity (Wildman–Crippen MR) is 74.7 cm³/mol. The van der Waals surface area contributed by atoms with Gasteiger partial charge in [-0.15, -0.1) is 0 Å². The highest BCUT2D eigenvalue weighted by Gasteiger charge is 2.14. The SMILES string of the molecule is O=c1oc2ccc(F)cc2c(=O)n1-c1cccc([N+](=O)[O-])c1. The minimum atomic E-state index is -1.01. The van der Waals surface area contributed by atoms with Crippen LogP contribution in [-0.2, 0) is 0 Å². The van der Waals surface area contributed by atoms with Gasteiger partial charge in [-0.05, 0) is 24.3 Å². The molecule has 1 heterocycles. The molecule has 0 spiro atoms. The fraction of sp³-hybridized carbons (Fsp3) is 0. The lowest BCUT2D eigenvalue weighted by molar-refractivity contribution is -0.384. The van der Waals surface area contributed by atoms with Gasteiger partial charge in [-0.1, -0.05) is 6.07 Å². The molecule has 0 radical (unpaired) electrons. The average molecular weight is 302 g/mol. The van der Waals surface area contributed by atoms with Crippen molar-refractivity contribution in [2.75, 3.05) is 0 Å². The van der Waals surface area contributed by atoms with E-state index in [-0.39, 0.29) is 22.3 Å². The molecule has 0 aliphatic carbocycles. The van der Waals surface area contributed by atoms with Crippen LogP contribution in [0.3, 0.4) is 0 Å². The summed E-state index contributed by atoms with van der Waals surface area (Å²) in [5.74, 6) is -1.67. The van der Waals surface area contributed by atoms with Crippen LogP contribution in [0.15, 0.2) is 56.5 Å². The van der Waals surface area contributed by atoms with Crippen molar-refractivity contribution in [3.63, 3.8) is 0 Å². The number of aromatic nitrogens is 1. The number of non-ortho nitro benzene ring substituents is 1. The number of nitrogens with zero attached hydrogens (tertiary/aromatic N) is 2. The second-order valence-electron chi connectivity index (χ2n) is 4.43. The summed E-state index contributed by atoms with van der Waals surface area (Å²) in [6.07, 6.45) is 0. The van der Waals surface area contributed by atoms with Gasteiger partial charge >= 0.3 is 5.76 Å². The Morgan fingerprint density at radius 2 is 1.91 bits per heavy atom. The second kappa shape index (κ2) is 4.92. The van der Waals surface area contributed by atoms with Crippen molar-refractivity contribution in [2.24, 2.45) is 0 Å². The topological polar surface area (TPSA) is 95.3 Å². The molecule has 0 N–H and O–H groups in total. The first kappa shape index (κ1) is 13.7. The molecule has 0 aliphatic rings. The minimum absolute atomic E-state index is 0.0286. The van der Waals surface area contributed by atoms with E-state index in [1.807, 2.05) is 0 Å². The zero-order chi connectivity index (χ0) is 15.9. The molecule has 22 heavy (non-hydrogen) atoms. The van der Waals surface area contributed by atoms with Gasteiger partial charge in [0.25, 0.3) is 11.2 Å². The first-order valence-electron chi connectivity index (χ1n) is 6.07. The van der Waals surface area contributed by atoms with Crippen molar-refractivity contribution in [1.29, 1.82) is 0 Å². The first-order valence-corrected chi connectivity index (χ1v) is 6.07. The molecule has 3 rings (SSSR count). The van der Waals surface area contributed by atoms with Crippen LogP contribution in [0, 0.1) is 15.9 Å². The van der Waals surface area contributed by atoms with Gasteiger partial charge in [0.2, 0.25) is 0 Å². The van der Waals surface area contributed by atoms with E-state index in [2.05, 4.69) is 0 Å². The van der Waals surface area contributed by atoms with Gasteiger partial charge in [-0.3, -0.25) is 14.9 Å². The quantitative estimate of drug-likeness (QED) is 0.533. The summed E-state index contributed by atoms with van der Waals surface area (Å²) in [6, 6.07) is 8.12. The Kier molecular flexibility index (Phi) is 3.06. The van der Waals surface area contributed by atoms with E-state index in [1.165, 1.54) is 24.3 Å². The van der Waals surface area contributed by atoms with Crippen LogP contribution in [0.25, 0.3) is 16.7 Å². The molecule has 7 nitrogen and oxygen atoms in total. The summed E-state index contributed by atoms with van der Waals surface area (Å²) in [5, 5.41) is 10.6. The largest absolute Gasteiger partial charge is 0.426 e. The number of halogens is 1. The maximum atomic E-state index is 13.3. The number of rotatable bonds is 2. The molecule has 0 unspecified atom stereocenters. The highest BCUT2D eigenvalue weighted by Crippen LogP contribution is 2.16. The summed E-state index contributed by atoms with van der Waals surface area (Å²) in [4.78, 5) is 34.4. The van der Waals surface area contributed by atoms with Gasteiger partial charge in [0.1, 0.15) is 11.4 Å². The fourth-order valence-corrected chi connectivity index (χ4v) is 2.07. The highest BCUT2D eigenvalue weighted by molar-refractivity contribution is 5.75. The first-order chi connectivity index (χ1) is 10.5. The average Bonchev–Trinajstić information content (AvgIpc) is 2.48. The third-order valence-corrected chi connectivity index (χ3v) is 3.05. The predicted octanol–water partition coefficient (Wildman–Crippen LogP) is 1.99. The number of fused-ring (bicyclic) bond motifs is 1. The molecule has 0 saturated heterocycles. The zero-order valence-corrected chi connectivity index (χ0v) is 10.9. The maximum absolute atomic E-state index is 13.3. The lowest BCUT2D eigenvalue weighted by Gasteiger charge is -2.05. The summed E-state index contributed by atoms with van der Waals surface area (Å²) in [6.45, 7) is 0. The van der Waals surface area contributed by atoms with E-state index < -0.39 is 22.1 Å². The maximum Gasteiger partial charge on any atom is 0.426 e. The molecule has 0 bridgehead atoms. The fourth-order valence-electron chi connectivity index (χ4n) is 2.07. The normalized spacial score (nSPS) is 10.8. The molecule has 0 atom stereocenters. The lowest BCUT2D eigenvalue weighted by atomic mass is 10.2. The molecular weight excluding hydrogens is 295 g/mol. The van der Waals surface area contributed by atoms with Crippen molar-refractivity contribution in [2.45, 2.75) is 0 Å². The van der Waals surface area contributed by atoms with E-state index in [9.17, 15) is 24.1 Å². The number of hydrogen-bond acceptors (Lipinski definition) is 5. The zero-order valence-electron chi connectivity index (χ0n) is 10.9. The van der Waals surface area contributed by atoms with Gasteiger partial charge < -0.3 is 4.42 Å². The summed E-state index contributed by atoms with van der Waals surface area (Å²) in [7, 11) is 0. The van der Waals surface area contributed by atoms with E-state index >= 15 is 0 Å². The molecule has 0 saturated carbocycles. The van der Waals surface area contributed by atoms with E-state index in [4.69, 9.17) is 4.42 Å². The van der Waals surface area contributed by atoms with Gasteiger partial charge in [-0.25, -0.2) is 13.8 Å². The van der Waals surface area contributed by atoms with Crippen LogP contribution in [0.2, 0.25) is 0 Å². The van der Waals surface area contributed by atoms with Gasteiger partial charge in [0, 0.05) is 12.1 Å². The van der Waals surface area contributed by atoms with E-state index in [0.717, 1.165) is 18.2 Å². The molecule has 2 aromatic carbocycles. The Labute approximate surface area is 121 Å². The van der Waals surface area contributed by atoms with Crippen LogP contribution in [0.4, 0.5) is 10.1 Å². The molecule has 1 aromatic heterocycles. The van der Waals surface area contributed by atoms with Crippen molar-refractivity contribution in [3.05, 3.63) is 79.3 Å². The third-order valence-electron chi connectivity index (χ3n) is 3.05. The smallest absolute Gasteiger partial charge is 0.409 e.